The number of benzene rings is 1. The number of hydrogen-bond donors (Lipinski definition) is 1. The Morgan fingerprint density at radius 3 is 2.67 bits per heavy atom. The van der Waals surface area contributed by atoms with Gasteiger partial charge in [-0.05, 0) is 23.8 Å². The highest BCUT2D eigenvalue weighted by molar-refractivity contribution is 6.42. The second-order valence-electron chi connectivity index (χ2n) is 2.80. The van der Waals surface area contributed by atoms with Crippen LogP contribution in [0.1, 0.15) is 5.56 Å². The Morgan fingerprint density at radius 2 is 2.07 bits per heavy atom. The number of aliphatic hydroxyl groups excluding tert-OH is 1. The van der Waals surface area contributed by atoms with Gasteiger partial charge in [0, 0.05) is 0 Å². The third-order valence-corrected chi connectivity index (χ3v) is 2.42. The summed E-state index contributed by atoms with van der Waals surface area (Å²) in [5.74, 6) is -0.247. The first-order chi connectivity index (χ1) is 7.13. The van der Waals surface area contributed by atoms with Crippen LogP contribution in [0.5, 0.6) is 0 Å². The van der Waals surface area contributed by atoms with E-state index in [0.29, 0.717) is 10.0 Å². The molecule has 2 nitrogen and oxygen atoms in total. The zero-order valence-electron chi connectivity index (χ0n) is 7.78. The summed E-state index contributed by atoms with van der Waals surface area (Å²) in [7, 11) is 0. The molecule has 0 aromatic heterocycles. The second kappa shape index (κ2) is 5.91. The minimum Gasteiger partial charge on any atom is -0.396 e. The summed E-state index contributed by atoms with van der Waals surface area (Å²) in [6.07, 6.45) is 4.14. The first-order valence-electron chi connectivity index (χ1n) is 4.24. The van der Waals surface area contributed by atoms with Crippen LogP contribution in [0, 0.1) is 6.42 Å². The molecular weight excluding hydrogens is 235 g/mol. The molecule has 0 atom stereocenters. The van der Waals surface area contributed by atoms with Crippen molar-refractivity contribution in [2.24, 2.45) is 0 Å². The van der Waals surface area contributed by atoms with Crippen LogP contribution in [0.2, 0.25) is 10.0 Å². The van der Waals surface area contributed by atoms with Crippen LogP contribution >= 0.6 is 23.2 Å². The van der Waals surface area contributed by atoms with Crippen LogP contribution in [0.3, 0.4) is 0 Å². The van der Waals surface area contributed by atoms with E-state index < -0.39 is 0 Å². The molecule has 1 rings (SSSR count). The van der Waals surface area contributed by atoms with Gasteiger partial charge >= 0.3 is 0 Å². The molecule has 4 heteroatoms. The minimum atomic E-state index is -0.259. The number of hydrogen-bond acceptors (Lipinski definition) is 2. The highest BCUT2D eigenvalue weighted by Crippen LogP contribution is 2.23. The molecule has 15 heavy (non-hydrogen) atoms. The average molecular weight is 244 g/mol. The van der Waals surface area contributed by atoms with Gasteiger partial charge in [0.25, 0.3) is 0 Å². The lowest BCUT2D eigenvalue weighted by atomic mass is 10.2. The largest absolute Gasteiger partial charge is 0.396 e. The number of halogens is 2. The molecule has 0 aliphatic heterocycles. The van der Waals surface area contributed by atoms with Gasteiger partial charge in [0.1, 0.15) is 0 Å². The third kappa shape index (κ3) is 4.04. The molecule has 0 bridgehead atoms. The van der Waals surface area contributed by atoms with Crippen molar-refractivity contribution < 1.29 is 9.90 Å². The monoisotopic (exact) mass is 243 g/mol. The molecule has 0 spiro atoms. The normalized spacial score (nSPS) is 10.9. The van der Waals surface area contributed by atoms with E-state index in [4.69, 9.17) is 28.3 Å². The van der Waals surface area contributed by atoms with Gasteiger partial charge in [-0.2, -0.15) is 0 Å². The molecular formula is C11H9Cl2O2. The third-order valence-electron chi connectivity index (χ3n) is 1.68. The summed E-state index contributed by atoms with van der Waals surface area (Å²) in [5, 5.41) is 9.38. The van der Waals surface area contributed by atoms with Crippen molar-refractivity contribution in [2.75, 3.05) is 6.61 Å². The molecule has 0 aliphatic carbocycles. The van der Waals surface area contributed by atoms with E-state index in [0.717, 1.165) is 5.56 Å². The van der Waals surface area contributed by atoms with Crippen LogP contribution in [0.15, 0.2) is 24.3 Å². The smallest absolute Gasteiger partial charge is 0.161 e. The Hall–Kier alpha value is -0.830. The molecule has 0 aliphatic rings. The van der Waals surface area contributed by atoms with Crippen LogP contribution in [0.25, 0.3) is 6.08 Å². The van der Waals surface area contributed by atoms with Crippen molar-refractivity contribution in [3.05, 3.63) is 46.3 Å². The van der Waals surface area contributed by atoms with E-state index in [1.54, 1.807) is 24.3 Å². The number of allylic oxidation sites excluding steroid dienone is 1. The average Bonchev–Trinajstić information content (AvgIpc) is 2.20. The topological polar surface area (TPSA) is 37.3 Å². The summed E-state index contributed by atoms with van der Waals surface area (Å²) in [5.41, 5.74) is 0.782. The summed E-state index contributed by atoms with van der Waals surface area (Å²) < 4.78 is 0. The van der Waals surface area contributed by atoms with E-state index in [9.17, 15) is 4.79 Å². The second-order valence-corrected chi connectivity index (χ2v) is 3.61. The van der Waals surface area contributed by atoms with Crippen molar-refractivity contribution in [1.82, 2.24) is 0 Å². The predicted molar refractivity (Wildman–Crippen MR) is 61.9 cm³/mol. The van der Waals surface area contributed by atoms with Crippen molar-refractivity contribution in [3.8, 4) is 0 Å². The lowest BCUT2D eigenvalue weighted by Gasteiger charge is -1.97. The molecule has 1 aromatic rings. The number of aliphatic hydroxyl groups is 1. The Balaban J connectivity index is 2.72. The molecule has 0 saturated heterocycles. The fraction of sp³-hybridized carbons (Fsp3) is 0.0909. The van der Waals surface area contributed by atoms with Crippen LogP contribution in [-0.2, 0) is 4.79 Å². The van der Waals surface area contributed by atoms with Gasteiger partial charge in [0.2, 0.25) is 0 Å². The van der Waals surface area contributed by atoms with Crippen molar-refractivity contribution in [1.29, 1.82) is 0 Å². The molecule has 0 amide bonds. The molecule has 0 unspecified atom stereocenters. The Bertz CT molecular complexity index is 386. The van der Waals surface area contributed by atoms with Gasteiger partial charge in [-0.15, -0.1) is 0 Å². The maximum atomic E-state index is 11.0. The molecule has 1 radical (unpaired) electrons. The first kappa shape index (κ1) is 12.2. The SMILES string of the molecule is O=C([CH]CO)/C=C/c1ccc(Cl)c(Cl)c1. The van der Waals surface area contributed by atoms with Crippen molar-refractivity contribution in [2.45, 2.75) is 0 Å². The molecule has 0 heterocycles. The maximum Gasteiger partial charge on any atom is 0.161 e. The van der Waals surface area contributed by atoms with Gasteiger partial charge in [-0.1, -0.05) is 35.3 Å². The lowest BCUT2D eigenvalue weighted by Crippen LogP contribution is -1.96. The summed E-state index contributed by atoms with van der Waals surface area (Å²) >= 11 is 11.5. The maximum absolute atomic E-state index is 11.0. The van der Waals surface area contributed by atoms with Crippen LogP contribution in [0.4, 0.5) is 0 Å². The fourth-order valence-electron chi connectivity index (χ4n) is 0.952. The Kier molecular flexibility index (Phi) is 4.82. The molecule has 0 saturated carbocycles. The van der Waals surface area contributed by atoms with Crippen LogP contribution < -0.4 is 0 Å². The minimum absolute atomic E-state index is 0.247. The molecule has 79 valence electrons. The van der Waals surface area contributed by atoms with E-state index >= 15 is 0 Å². The summed E-state index contributed by atoms with van der Waals surface area (Å²) in [4.78, 5) is 11.0. The van der Waals surface area contributed by atoms with Crippen molar-refractivity contribution in [3.63, 3.8) is 0 Å². The lowest BCUT2D eigenvalue weighted by molar-refractivity contribution is -0.112. The van der Waals surface area contributed by atoms with Gasteiger partial charge in [0.05, 0.1) is 23.1 Å². The zero-order chi connectivity index (χ0) is 11.3. The van der Waals surface area contributed by atoms with Crippen molar-refractivity contribution >= 4 is 35.1 Å². The van der Waals surface area contributed by atoms with Gasteiger partial charge in [-0.25, -0.2) is 0 Å². The van der Waals surface area contributed by atoms with Gasteiger partial charge < -0.3 is 5.11 Å². The van der Waals surface area contributed by atoms with E-state index in [1.165, 1.54) is 12.5 Å². The van der Waals surface area contributed by atoms with Gasteiger partial charge in [-0.3, -0.25) is 4.79 Å². The first-order valence-corrected chi connectivity index (χ1v) is 5.00. The zero-order valence-corrected chi connectivity index (χ0v) is 9.29. The van der Waals surface area contributed by atoms with E-state index in [1.807, 2.05) is 0 Å². The van der Waals surface area contributed by atoms with Crippen LogP contribution in [-0.4, -0.2) is 17.5 Å². The molecule has 1 N–H and O–H groups in total. The number of carbonyl (C=O) groups excluding carboxylic acids is 1. The number of ketones is 1. The standard InChI is InChI=1S/C11H9Cl2O2/c12-10-4-2-8(7-11(10)13)1-3-9(15)5-6-14/h1-5,7,14H,6H2/b3-1+. The molecule has 1 aromatic carbocycles. The number of rotatable bonds is 4. The Labute approximate surface area is 98.1 Å². The highest BCUT2D eigenvalue weighted by Gasteiger charge is 1.98. The van der Waals surface area contributed by atoms with Gasteiger partial charge in [0.15, 0.2) is 5.78 Å². The predicted octanol–water partition coefficient (Wildman–Crippen LogP) is 2.77. The quantitative estimate of drug-likeness (QED) is 0.827. The summed E-state index contributed by atoms with van der Waals surface area (Å²) in [6.45, 7) is -0.259. The van der Waals surface area contributed by atoms with E-state index in [2.05, 4.69) is 0 Å². The Morgan fingerprint density at radius 1 is 1.33 bits per heavy atom. The molecule has 0 fully saturated rings. The number of carbonyl (C=O) groups is 1. The summed E-state index contributed by atoms with van der Waals surface area (Å²) in [6, 6.07) is 5.06. The highest BCUT2D eigenvalue weighted by atomic mass is 35.5. The fourth-order valence-corrected chi connectivity index (χ4v) is 1.26. The van der Waals surface area contributed by atoms with E-state index in [-0.39, 0.29) is 12.4 Å².